The minimum atomic E-state index is 0.179. The third-order valence-corrected chi connectivity index (χ3v) is 4.22. The zero-order chi connectivity index (χ0) is 20.8. The van der Waals surface area contributed by atoms with Gasteiger partial charge in [-0.2, -0.15) is 21.0 Å². The molecule has 0 saturated heterocycles. The Morgan fingerprint density at radius 3 is 1.38 bits per heavy atom. The van der Waals surface area contributed by atoms with Crippen molar-refractivity contribution in [2.24, 2.45) is 0 Å². The maximum Gasteiger partial charge on any atom is 0.149 e. The van der Waals surface area contributed by atoms with Gasteiger partial charge in [0.25, 0.3) is 0 Å². The zero-order valence-electron chi connectivity index (χ0n) is 14.7. The fourth-order valence-corrected chi connectivity index (χ4v) is 2.66. The predicted molar refractivity (Wildman–Crippen MR) is 103 cm³/mol. The van der Waals surface area contributed by atoms with E-state index in [1.165, 1.54) is 24.3 Å². The first-order valence-electron chi connectivity index (χ1n) is 8.12. The molecule has 29 heavy (non-hydrogen) atoms. The number of rotatable bonds is 4. The number of hydrogen-bond acceptors (Lipinski definition) is 6. The van der Waals surface area contributed by atoms with E-state index in [1.807, 2.05) is 24.3 Å². The maximum absolute atomic E-state index is 9.14. The minimum absolute atomic E-state index is 0.179. The molecule has 0 spiro atoms. The van der Waals surface area contributed by atoms with E-state index in [0.717, 1.165) is 0 Å². The van der Waals surface area contributed by atoms with Crippen LogP contribution in [0.3, 0.4) is 0 Å². The predicted octanol–water partition coefficient (Wildman–Crippen LogP) is 5.41. The summed E-state index contributed by atoms with van der Waals surface area (Å²) in [5.74, 6) is 1.24. The number of nitrogens with zero attached hydrogens (tertiary/aromatic N) is 4. The maximum atomic E-state index is 9.14. The van der Waals surface area contributed by atoms with Crippen LogP contribution in [0.25, 0.3) is 0 Å². The Morgan fingerprint density at radius 1 is 0.586 bits per heavy atom. The molecule has 0 fully saturated rings. The van der Waals surface area contributed by atoms with E-state index in [0.29, 0.717) is 11.5 Å². The van der Waals surface area contributed by atoms with Gasteiger partial charge in [0.05, 0.1) is 22.3 Å². The average Bonchev–Trinajstić information content (AvgIpc) is 2.76. The number of nitriles is 4. The fraction of sp³-hybridized carbons (Fsp3) is 0. The topological polar surface area (TPSA) is 114 Å². The minimum Gasteiger partial charge on any atom is -0.456 e. The summed E-state index contributed by atoms with van der Waals surface area (Å²) in [5, 5.41) is 36.5. The molecule has 0 unspecified atom stereocenters. The molecule has 0 saturated carbocycles. The normalized spacial score (nSPS) is 9.41. The lowest BCUT2D eigenvalue weighted by atomic mass is 10.1. The van der Waals surface area contributed by atoms with Gasteiger partial charge < -0.3 is 9.47 Å². The van der Waals surface area contributed by atoms with Gasteiger partial charge in [0.2, 0.25) is 0 Å². The van der Waals surface area contributed by atoms with E-state index >= 15 is 0 Å². The summed E-state index contributed by atoms with van der Waals surface area (Å²) < 4.78 is 11.5. The molecule has 3 aromatic carbocycles. The summed E-state index contributed by atoms with van der Waals surface area (Å²) in [6, 6.07) is 21.7. The first-order valence-corrected chi connectivity index (χ1v) is 8.50. The Bertz CT molecular complexity index is 1180. The zero-order valence-corrected chi connectivity index (χ0v) is 15.4. The molecule has 3 rings (SSSR count). The lowest BCUT2D eigenvalue weighted by Crippen LogP contribution is -1.92. The van der Waals surface area contributed by atoms with Gasteiger partial charge in [0.15, 0.2) is 0 Å². The lowest BCUT2D eigenvalue weighted by molar-refractivity contribution is 0.460. The van der Waals surface area contributed by atoms with Crippen molar-refractivity contribution in [1.82, 2.24) is 0 Å². The molecule has 0 heterocycles. The Labute approximate surface area is 171 Å². The third-order valence-electron chi connectivity index (χ3n) is 3.85. The Hall–Kier alpha value is -4.49. The van der Waals surface area contributed by atoms with Gasteiger partial charge in [-0.25, -0.2) is 0 Å². The van der Waals surface area contributed by atoms with E-state index in [-0.39, 0.29) is 38.8 Å². The van der Waals surface area contributed by atoms with Gasteiger partial charge >= 0.3 is 0 Å². The Balaban J connectivity index is 1.90. The highest BCUT2D eigenvalue weighted by molar-refractivity contribution is 6.33. The monoisotopic (exact) mass is 396 g/mol. The van der Waals surface area contributed by atoms with Crippen molar-refractivity contribution in [3.63, 3.8) is 0 Å². The molecule has 3 aromatic rings. The Kier molecular flexibility index (Phi) is 5.63. The van der Waals surface area contributed by atoms with Crippen molar-refractivity contribution in [3.05, 3.63) is 81.9 Å². The SMILES string of the molecule is N#Cc1ccc(Oc2cccc(Oc3ccc(C#N)c(C#N)c3)c2Cl)cc1C#N. The van der Waals surface area contributed by atoms with Gasteiger partial charge in [0.1, 0.15) is 52.3 Å². The van der Waals surface area contributed by atoms with Crippen LogP contribution >= 0.6 is 11.6 Å². The van der Waals surface area contributed by atoms with Crippen molar-refractivity contribution in [1.29, 1.82) is 21.0 Å². The van der Waals surface area contributed by atoms with Gasteiger partial charge in [0, 0.05) is 0 Å². The molecule has 0 bridgehead atoms. The smallest absolute Gasteiger partial charge is 0.149 e. The molecule has 0 N–H and O–H groups in total. The van der Waals surface area contributed by atoms with E-state index in [2.05, 4.69) is 0 Å². The average molecular weight is 397 g/mol. The molecule has 0 aliphatic carbocycles. The van der Waals surface area contributed by atoms with Crippen LogP contribution in [0, 0.1) is 45.3 Å². The van der Waals surface area contributed by atoms with Crippen LogP contribution in [0.1, 0.15) is 22.3 Å². The highest BCUT2D eigenvalue weighted by Crippen LogP contribution is 2.39. The van der Waals surface area contributed by atoms with E-state index in [9.17, 15) is 0 Å². The number of halogens is 1. The molecular formula is C22H9ClN4O2. The molecule has 0 radical (unpaired) electrons. The first-order chi connectivity index (χ1) is 14.1. The lowest BCUT2D eigenvalue weighted by Gasteiger charge is -2.12. The molecule has 0 aromatic heterocycles. The van der Waals surface area contributed by atoms with Crippen LogP contribution in [-0.4, -0.2) is 0 Å². The summed E-state index contributed by atoms with van der Waals surface area (Å²) in [6.07, 6.45) is 0. The molecule has 0 amide bonds. The summed E-state index contributed by atoms with van der Waals surface area (Å²) >= 11 is 6.39. The summed E-state index contributed by atoms with van der Waals surface area (Å²) in [6.45, 7) is 0. The summed E-state index contributed by atoms with van der Waals surface area (Å²) in [7, 11) is 0. The van der Waals surface area contributed by atoms with Crippen LogP contribution in [-0.2, 0) is 0 Å². The number of ether oxygens (including phenoxy) is 2. The quantitative estimate of drug-likeness (QED) is 0.582. The Morgan fingerprint density at radius 2 is 1.00 bits per heavy atom. The van der Waals surface area contributed by atoms with E-state index < -0.39 is 0 Å². The van der Waals surface area contributed by atoms with Crippen LogP contribution < -0.4 is 9.47 Å². The summed E-state index contributed by atoms with van der Waals surface area (Å²) in [4.78, 5) is 0. The second kappa shape index (κ2) is 8.47. The molecular weight excluding hydrogens is 388 g/mol. The van der Waals surface area contributed by atoms with Crippen molar-refractivity contribution < 1.29 is 9.47 Å². The highest BCUT2D eigenvalue weighted by Gasteiger charge is 2.13. The van der Waals surface area contributed by atoms with Crippen molar-refractivity contribution in [2.45, 2.75) is 0 Å². The molecule has 7 heteroatoms. The molecule has 0 aliphatic rings. The van der Waals surface area contributed by atoms with Crippen molar-refractivity contribution >= 4 is 11.6 Å². The van der Waals surface area contributed by atoms with Crippen molar-refractivity contribution in [2.75, 3.05) is 0 Å². The third kappa shape index (κ3) is 4.10. The van der Waals surface area contributed by atoms with Crippen LogP contribution in [0.2, 0.25) is 5.02 Å². The van der Waals surface area contributed by atoms with Crippen LogP contribution in [0.5, 0.6) is 23.0 Å². The van der Waals surface area contributed by atoms with Gasteiger partial charge in [-0.15, -0.1) is 0 Å². The van der Waals surface area contributed by atoms with Gasteiger partial charge in [-0.3, -0.25) is 0 Å². The standard InChI is InChI=1S/C22H9ClN4O2/c23-22-20(28-18-6-4-14(10-24)16(8-18)12-26)2-1-3-21(22)29-19-7-5-15(11-25)17(9-19)13-27/h1-9H. The van der Waals surface area contributed by atoms with E-state index in [1.54, 1.807) is 30.3 Å². The first kappa shape index (κ1) is 19.3. The summed E-state index contributed by atoms with van der Waals surface area (Å²) in [5.41, 5.74) is 0.875. The van der Waals surface area contributed by atoms with Crippen LogP contribution in [0.15, 0.2) is 54.6 Å². The fourth-order valence-electron chi connectivity index (χ4n) is 2.46. The number of benzene rings is 3. The van der Waals surface area contributed by atoms with E-state index in [4.69, 9.17) is 42.1 Å². The molecule has 0 atom stereocenters. The second-order valence-corrected chi connectivity index (χ2v) is 6.01. The second-order valence-electron chi connectivity index (χ2n) is 5.63. The molecule has 136 valence electrons. The van der Waals surface area contributed by atoms with Crippen LogP contribution in [0.4, 0.5) is 0 Å². The molecule has 0 aliphatic heterocycles. The van der Waals surface area contributed by atoms with Crippen molar-refractivity contribution in [3.8, 4) is 47.3 Å². The number of hydrogen-bond donors (Lipinski definition) is 0. The van der Waals surface area contributed by atoms with Gasteiger partial charge in [-0.1, -0.05) is 17.7 Å². The van der Waals surface area contributed by atoms with Gasteiger partial charge in [-0.05, 0) is 48.5 Å². The molecule has 6 nitrogen and oxygen atoms in total. The largest absolute Gasteiger partial charge is 0.456 e. The highest BCUT2D eigenvalue weighted by atomic mass is 35.5.